The Morgan fingerprint density at radius 2 is 2.29 bits per heavy atom. The van der Waals surface area contributed by atoms with E-state index in [1.54, 1.807) is 0 Å². The highest BCUT2D eigenvalue weighted by molar-refractivity contribution is 7.16. The first kappa shape index (κ1) is 12.0. The molecule has 2 N–H and O–H groups in total. The monoisotopic (exact) mass is 298 g/mol. The van der Waals surface area contributed by atoms with Crippen LogP contribution in [0.5, 0.6) is 0 Å². The van der Waals surface area contributed by atoms with Gasteiger partial charge in [0.15, 0.2) is 11.5 Å². The molecule has 8 nitrogen and oxygen atoms in total. The second kappa shape index (κ2) is 4.39. The maximum absolute atomic E-state index is 9.17. The molecule has 1 aliphatic heterocycles. The van der Waals surface area contributed by atoms with Crippen molar-refractivity contribution >= 4 is 27.8 Å². The minimum Gasteiger partial charge on any atom is -0.389 e. The molecule has 0 radical (unpaired) electrons. The maximum atomic E-state index is 9.17. The van der Waals surface area contributed by atoms with Gasteiger partial charge in [-0.05, 0) is 34.5 Å². The Morgan fingerprint density at radius 3 is 3.14 bits per heavy atom. The standard InChI is InChI=1S/C12H10N8S/c13-5-8-7-3-4-19(6-9(7)21-12(8)14)11-2-1-10-15-17-18-20(10)16-11/h1-2H,3-4,6,14H2. The van der Waals surface area contributed by atoms with Crippen molar-refractivity contribution in [2.45, 2.75) is 13.0 Å². The second-order valence-corrected chi connectivity index (χ2v) is 5.88. The van der Waals surface area contributed by atoms with Crippen molar-refractivity contribution in [1.82, 2.24) is 25.3 Å². The predicted octanol–water partition coefficient (Wildman–Crippen LogP) is 0.597. The fourth-order valence-electron chi connectivity index (χ4n) is 2.55. The molecule has 0 aromatic carbocycles. The first-order valence-corrected chi connectivity index (χ1v) is 7.18. The summed E-state index contributed by atoms with van der Waals surface area (Å²) < 4.78 is 1.41. The quantitative estimate of drug-likeness (QED) is 0.700. The highest BCUT2D eigenvalue weighted by atomic mass is 32.1. The maximum Gasteiger partial charge on any atom is 0.200 e. The second-order valence-electron chi connectivity index (χ2n) is 4.74. The molecule has 104 valence electrons. The smallest absolute Gasteiger partial charge is 0.200 e. The van der Waals surface area contributed by atoms with E-state index in [2.05, 4.69) is 31.6 Å². The van der Waals surface area contributed by atoms with Gasteiger partial charge in [-0.2, -0.15) is 5.26 Å². The van der Waals surface area contributed by atoms with Gasteiger partial charge in [-0.25, -0.2) is 0 Å². The Labute approximate surface area is 123 Å². The van der Waals surface area contributed by atoms with E-state index in [9.17, 15) is 0 Å². The zero-order valence-electron chi connectivity index (χ0n) is 10.9. The topological polar surface area (TPSA) is 109 Å². The van der Waals surface area contributed by atoms with Crippen LogP contribution in [0.4, 0.5) is 10.8 Å². The first-order chi connectivity index (χ1) is 10.3. The molecule has 1 aliphatic rings. The summed E-state index contributed by atoms with van der Waals surface area (Å²) in [6.07, 6.45) is 0.793. The lowest BCUT2D eigenvalue weighted by molar-refractivity contribution is 0.685. The van der Waals surface area contributed by atoms with Crippen molar-refractivity contribution in [3.05, 3.63) is 28.1 Å². The summed E-state index contributed by atoms with van der Waals surface area (Å²) in [6, 6.07) is 5.94. The Bertz CT molecular complexity index is 873. The molecule has 21 heavy (non-hydrogen) atoms. The van der Waals surface area contributed by atoms with Gasteiger partial charge >= 0.3 is 0 Å². The van der Waals surface area contributed by atoms with Crippen LogP contribution in [0.15, 0.2) is 12.1 Å². The number of hydrogen-bond donors (Lipinski definition) is 1. The number of nitriles is 1. The van der Waals surface area contributed by atoms with Gasteiger partial charge in [-0.15, -0.1) is 26.2 Å². The molecule has 0 aliphatic carbocycles. The summed E-state index contributed by atoms with van der Waals surface area (Å²) in [5.41, 5.74) is 8.24. The zero-order valence-corrected chi connectivity index (χ0v) is 11.7. The summed E-state index contributed by atoms with van der Waals surface area (Å²) in [5, 5.41) is 25.4. The molecule has 4 heterocycles. The molecule has 4 rings (SSSR count). The van der Waals surface area contributed by atoms with Crippen LogP contribution in [0, 0.1) is 11.3 Å². The van der Waals surface area contributed by atoms with Crippen LogP contribution in [-0.4, -0.2) is 31.8 Å². The van der Waals surface area contributed by atoms with Gasteiger partial charge in [0.2, 0.25) is 0 Å². The molecular weight excluding hydrogens is 288 g/mol. The lowest BCUT2D eigenvalue weighted by Gasteiger charge is -2.27. The van der Waals surface area contributed by atoms with Gasteiger partial charge in [0, 0.05) is 11.4 Å². The highest BCUT2D eigenvalue weighted by Crippen LogP contribution is 2.35. The van der Waals surface area contributed by atoms with Crippen LogP contribution >= 0.6 is 11.3 Å². The average molecular weight is 298 g/mol. The van der Waals surface area contributed by atoms with Crippen molar-refractivity contribution in [3.63, 3.8) is 0 Å². The predicted molar refractivity (Wildman–Crippen MR) is 76.8 cm³/mol. The van der Waals surface area contributed by atoms with E-state index in [1.165, 1.54) is 16.0 Å². The van der Waals surface area contributed by atoms with Crippen molar-refractivity contribution in [1.29, 1.82) is 5.26 Å². The van der Waals surface area contributed by atoms with Gasteiger partial charge in [0.05, 0.1) is 12.1 Å². The third-order valence-electron chi connectivity index (χ3n) is 3.58. The molecule has 3 aromatic rings. The Balaban J connectivity index is 1.70. The van der Waals surface area contributed by atoms with Crippen LogP contribution < -0.4 is 10.6 Å². The van der Waals surface area contributed by atoms with Gasteiger partial charge < -0.3 is 10.6 Å². The number of aromatic nitrogens is 5. The molecule has 0 saturated carbocycles. The van der Waals surface area contributed by atoms with E-state index in [0.717, 1.165) is 29.2 Å². The van der Waals surface area contributed by atoms with Crippen LogP contribution in [-0.2, 0) is 13.0 Å². The van der Waals surface area contributed by atoms with Gasteiger partial charge in [0.1, 0.15) is 11.1 Å². The SMILES string of the molecule is N#Cc1c(N)sc2c1CCN(c1ccc3nnnn3n1)C2. The van der Waals surface area contributed by atoms with E-state index in [1.807, 2.05) is 12.1 Å². The van der Waals surface area contributed by atoms with Gasteiger partial charge in [0.25, 0.3) is 0 Å². The highest BCUT2D eigenvalue weighted by Gasteiger charge is 2.24. The summed E-state index contributed by atoms with van der Waals surface area (Å²) in [4.78, 5) is 3.27. The van der Waals surface area contributed by atoms with E-state index in [-0.39, 0.29) is 0 Å². The molecule has 0 amide bonds. The molecule has 0 spiro atoms. The van der Waals surface area contributed by atoms with E-state index in [4.69, 9.17) is 11.0 Å². The van der Waals surface area contributed by atoms with Crippen molar-refractivity contribution in [3.8, 4) is 6.07 Å². The molecule has 0 atom stereocenters. The fourth-order valence-corrected chi connectivity index (χ4v) is 3.64. The molecule has 0 unspecified atom stereocenters. The number of fused-ring (bicyclic) bond motifs is 2. The normalized spacial score (nSPS) is 14.1. The number of rotatable bonds is 1. The number of thiophene rings is 1. The third-order valence-corrected chi connectivity index (χ3v) is 4.62. The minimum atomic E-state index is 0.605. The van der Waals surface area contributed by atoms with Crippen molar-refractivity contribution < 1.29 is 0 Å². The molecule has 0 fully saturated rings. The Kier molecular flexibility index (Phi) is 2.52. The lowest BCUT2D eigenvalue weighted by atomic mass is 10.0. The van der Waals surface area contributed by atoms with E-state index in [0.29, 0.717) is 22.8 Å². The van der Waals surface area contributed by atoms with Crippen LogP contribution in [0.25, 0.3) is 5.65 Å². The number of nitrogen functional groups attached to an aromatic ring is 1. The van der Waals surface area contributed by atoms with Crippen LogP contribution in [0.1, 0.15) is 16.0 Å². The summed E-state index contributed by atoms with van der Waals surface area (Å²) in [5.74, 6) is 0.811. The van der Waals surface area contributed by atoms with Gasteiger partial charge in [-0.1, -0.05) is 0 Å². The summed E-state index contributed by atoms with van der Waals surface area (Å²) in [7, 11) is 0. The Hall–Kier alpha value is -2.73. The van der Waals surface area contributed by atoms with Crippen LogP contribution in [0.3, 0.4) is 0 Å². The van der Waals surface area contributed by atoms with Crippen molar-refractivity contribution in [2.24, 2.45) is 0 Å². The number of anilines is 2. The number of tetrazole rings is 1. The number of hydrogen-bond acceptors (Lipinski definition) is 8. The molecule has 9 heteroatoms. The third kappa shape index (κ3) is 1.80. The number of nitrogens with zero attached hydrogens (tertiary/aromatic N) is 7. The van der Waals surface area contributed by atoms with Crippen LogP contribution in [0.2, 0.25) is 0 Å². The molecule has 3 aromatic heterocycles. The molecular formula is C12H10N8S. The Morgan fingerprint density at radius 1 is 1.38 bits per heavy atom. The van der Waals surface area contributed by atoms with Gasteiger partial charge in [-0.3, -0.25) is 0 Å². The lowest BCUT2D eigenvalue weighted by Crippen LogP contribution is -2.30. The average Bonchev–Trinajstić information content (AvgIpc) is 3.08. The summed E-state index contributed by atoms with van der Waals surface area (Å²) in [6.45, 7) is 1.49. The summed E-state index contributed by atoms with van der Waals surface area (Å²) >= 11 is 1.48. The molecule has 0 saturated heterocycles. The zero-order chi connectivity index (χ0) is 14.4. The minimum absolute atomic E-state index is 0.605. The fraction of sp³-hybridized carbons (Fsp3) is 0.250. The first-order valence-electron chi connectivity index (χ1n) is 6.37. The molecule has 0 bridgehead atoms. The van der Waals surface area contributed by atoms with E-state index < -0.39 is 0 Å². The largest absolute Gasteiger partial charge is 0.389 e. The number of nitrogens with two attached hydrogens (primary N) is 1. The van der Waals surface area contributed by atoms with Crippen molar-refractivity contribution in [2.75, 3.05) is 17.2 Å². The van der Waals surface area contributed by atoms with E-state index >= 15 is 0 Å².